The fraction of sp³-hybridized carbons (Fsp3) is 0.565. The number of aliphatic carboxylic acids is 1. The van der Waals surface area contributed by atoms with E-state index in [1.165, 1.54) is 16.7 Å². The molecule has 90 heavy (non-hydrogen) atoms. The molecule has 9 rings (SSSR count). The minimum Gasteiger partial charge on any atom is -0.481 e. The van der Waals surface area contributed by atoms with E-state index in [2.05, 4.69) is 57.8 Å². The molecular formula is C69H92N8O13. The van der Waals surface area contributed by atoms with Crippen molar-refractivity contribution in [1.82, 2.24) is 21.3 Å². The number of carbonyl (C=O) groups excluding carboxylic acids is 7. The van der Waals surface area contributed by atoms with Crippen LogP contribution in [0.5, 0.6) is 0 Å². The van der Waals surface area contributed by atoms with Gasteiger partial charge in [0.05, 0.1) is 71.4 Å². The normalized spacial score (nSPS) is 23.5. The number of para-hydroxylation sites is 1. The number of ether oxygens (including phenoxy) is 4. The zero-order chi connectivity index (χ0) is 63.8. The molecule has 0 saturated heterocycles. The summed E-state index contributed by atoms with van der Waals surface area (Å²) in [4.78, 5) is 108. The molecule has 7 unspecified atom stereocenters. The lowest BCUT2D eigenvalue weighted by atomic mass is 9.51. The van der Waals surface area contributed by atoms with Gasteiger partial charge in [-0.3, -0.25) is 43.7 Å². The second kappa shape index (κ2) is 31.1. The second-order valence-electron chi connectivity index (χ2n) is 25.6. The molecule has 2 fully saturated rings. The molecule has 1 heterocycles. The third kappa shape index (κ3) is 16.4. The van der Waals surface area contributed by atoms with Gasteiger partial charge in [-0.15, -0.1) is 0 Å². The number of nitrogens with zero attached hydrogens (tertiary/aromatic N) is 1. The number of benzene rings is 3. The lowest BCUT2D eigenvalue weighted by Gasteiger charge is -2.56. The monoisotopic (exact) mass is 1240 g/mol. The number of anilines is 3. The summed E-state index contributed by atoms with van der Waals surface area (Å²) in [6.07, 6.45) is 15.0. The Kier molecular flexibility index (Phi) is 23.2. The average molecular weight is 1240 g/mol. The van der Waals surface area contributed by atoms with E-state index >= 15 is 0 Å². The number of carbonyl (C=O) groups is 8. The Balaban J connectivity index is 0.627. The minimum absolute atomic E-state index is 0.0124. The number of carboxylic acid groups (broad SMARTS) is 1. The molecule has 3 aromatic rings. The van der Waals surface area contributed by atoms with E-state index in [1.807, 2.05) is 60.4 Å². The molecule has 486 valence electrons. The number of fused-ring (bicyclic) bond motifs is 7. The van der Waals surface area contributed by atoms with Crippen molar-refractivity contribution in [3.63, 3.8) is 0 Å². The summed E-state index contributed by atoms with van der Waals surface area (Å²) in [5.41, 5.74) is 21.7. The van der Waals surface area contributed by atoms with Crippen molar-refractivity contribution in [1.29, 1.82) is 0 Å². The van der Waals surface area contributed by atoms with Crippen molar-refractivity contribution in [3.05, 3.63) is 112 Å². The molecule has 2 saturated carbocycles. The Bertz CT molecular complexity index is 3180. The lowest BCUT2D eigenvalue weighted by Crippen LogP contribution is -2.67. The number of hydrogen-bond donors (Lipinski definition) is 8. The van der Waals surface area contributed by atoms with E-state index in [9.17, 15) is 43.5 Å². The number of nitrogens with two attached hydrogens (primary N) is 2. The molecular weight excluding hydrogens is 1150 g/mol. The third-order valence-electron chi connectivity index (χ3n) is 19.9. The molecule has 21 heteroatoms. The van der Waals surface area contributed by atoms with Crippen LogP contribution in [0.25, 0.3) is 0 Å². The molecule has 1 aliphatic heterocycles. The number of imide groups is 1. The first-order valence-corrected chi connectivity index (χ1v) is 32.4. The van der Waals surface area contributed by atoms with Crippen LogP contribution in [0.4, 0.5) is 17.1 Å². The first-order chi connectivity index (χ1) is 43.4. The van der Waals surface area contributed by atoms with Crippen molar-refractivity contribution in [3.8, 4) is 0 Å². The summed E-state index contributed by atoms with van der Waals surface area (Å²) < 4.78 is 22.2. The van der Waals surface area contributed by atoms with E-state index in [0.717, 1.165) is 98.6 Å². The number of aryl methyl sites for hydroxylation is 3. The highest BCUT2D eigenvalue weighted by Crippen LogP contribution is 2.56. The van der Waals surface area contributed by atoms with E-state index in [1.54, 1.807) is 0 Å². The van der Waals surface area contributed by atoms with Crippen LogP contribution in [-0.2, 0) is 82.0 Å². The van der Waals surface area contributed by atoms with Crippen molar-refractivity contribution in [2.75, 3.05) is 88.4 Å². The highest BCUT2D eigenvalue weighted by molar-refractivity contribution is 6.00. The minimum atomic E-state index is -1.22. The van der Waals surface area contributed by atoms with Gasteiger partial charge in [0.15, 0.2) is 0 Å². The van der Waals surface area contributed by atoms with Crippen molar-refractivity contribution >= 4 is 64.4 Å². The quantitative estimate of drug-likeness (QED) is 0.0218. The number of nitrogens with one attached hydrogen (secondary N) is 5. The maximum Gasteiger partial charge on any atom is 0.303 e. The van der Waals surface area contributed by atoms with Gasteiger partial charge in [0.25, 0.3) is 0 Å². The van der Waals surface area contributed by atoms with Gasteiger partial charge < -0.3 is 61.7 Å². The van der Waals surface area contributed by atoms with Gasteiger partial charge in [-0.25, -0.2) is 0 Å². The van der Waals surface area contributed by atoms with E-state index < -0.39 is 65.0 Å². The van der Waals surface area contributed by atoms with Gasteiger partial charge in [-0.1, -0.05) is 67.8 Å². The van der Waals surface area contributed by atoms with Gasteiger partial charge in [0.1, 0.15) is 6.04 Å². The van der Waals surface area contributed by atoms with Crippen LogP contribution in [-0.4, -0.2) is 136 Å². The zero-order valence-electron chi connectivity index (χ0n) is 52.4. The van der Waals surface area contributed by atoms with Crippen molar-refractivity contribution in [2.45, 2.75) is 159 Å². The highest BCUT2D eigenvalue weighted by Gasteiger charge is 2.59. The number of amides is 7. The fourth-order valence-corrected chi connectivity index (χ4v) is 14.9. The predicted molar refractivity (Wildman–Crippen MR) is 340 cm³/mol. The number of rotatable bonds is 28. The molecule has 10 N–H and O–H groups in total. The number of allylic oxidation sites excluding steroid dienone is 2. The van der Waals surface area contributed by atoms with Crippen LogP contribution >= 0.6 is 0 Å². The lowest BCUT2D eigenvalue weighted by molar-refractivity contribution is -0.145. The molecule has 21 nitrogen and oxygen atoms in total. The van der Waals surface area contributed by atoms with Crippen molar-refractivity contribution in [2.24, 2.45) is 23.0 Å². The molecule has 7 amide bonds. The Morgan fingerprint density at radius 3 is 2.21 bits per heavy atom. The molecule has 6 aliphatic rings. The molecule has 0 radical (unpaired) electrons. The third-order valence-corrected chi connectivity index (χ3v) is 19.9. The molecule has 0 spiro atoms. The number of carboxylic acids is 1. The predicted octanol–water partition coefficient (Wildman–Crippen LogP) is 6.53. The van der Waals surface area contributed by atoms with E-state index in [-0.39, 0.29) is 87.6 Å². The zero-order valence-corrected chi connectivity index (χ0v) is 52.4. The molecule has 5 aliphatic carbocycles. The molecule has 3 aromatic carbocycles. The molecule has 0 aromatic heterocycles. The molecule has 0 bridgehead atoms. The van der Waals surface area contributed by atoms with Crippen LogP contribution < -0.4 is 43.0 Å². The summed E-state index contributed by atoms with van der Waals surface area (Å²) in [6.45, 7) is 6.42. The summed E-state index contributed by atoms with van der Waals surface area (Å²) in [5.74, 6) is -4.32. The standard InChI is InChI=1S/C69H92N8O13/c1-67-29-7-12-52(64(84)76-66(86)68(2)30-8-13-55-53-41-50(70)20-17-46(53)27-31-69(55,68)71)54(67)22-19-47-18-21-51(42-56(47)67)74-61(80)43-73-65(85)57(23-26-63(82)83)75-60(79)28-33-87-35-37-89-39-40-90-38-36-88-34-32-72-59(78)24-25-62(81)77-44-49-11-4-3-9-45(49)15-16-48-10-5-6-14-58(48)77/h4-6,10-11,14,17-18,20-21,41-42,52,54-55,57H,3,7-9,12-13,15-16,19,22-40,43-44,70-71H2,1-2H3,(H,72,78)(H,73,85)(H,74,80)(H,75,79)(H,82,83)(H,76,84,86). The Morgan fingerprint density at radius 1 is 0.700 bits per heavy atom. The first kappa shape index (κ1) is 67.1. The first-order valence-electron chi connectivity index (χ1n) is 32.4. The summed E-state index contributed by atoms with van der Waals surface area (Å²) in [5, 5.41) is 23.1. The van der Waals surface area contributed by atoms with Crippen LogP contribution in [0.1, 0.15) is 150 Å². The van der Waals surface area contributed by atoms with Gasteiger partial charge >= 0.3 is 5.97 Å². The van der Waals surface area contributed by atoms with E-state index in [0.29, 0.717) is 70.2 Å². The maximum atomic E-state index is 14.5. The second-order valence-corrected chi connectivity index (χ2v) is 25.6. The Labute approximate surface area is 527 Å². The van der Waals surface area contributed by atoms with Gasteiger partial charge in [-0.2, -0.15) is 0 Å². The maximum absolute atomic E-state index is 14.5. The topological polar surface area (TPSA) is 309 Å². The molecule has 7 atom stereocenters. The average Bonchev–Trinajstić information content (AvgIpc) is 0.737. The highest BCUT2D eigenvalue weighted by atomic mass is 16.6. The van der Waals surface area contributed by atoms with Crippen LogP contribution in [0.15, 0.2) is 84.0 Å². The largest absolute Gasteiger partial charge is 0.481 e. The number of hydrogen-bond acceptors (Lipinski definition) is 14. The van der Waals surface area contributed by atoms with Gasteiger partial charge in [0.2, 0.25) is 41.4 Å². The Morgan fingerprint density at radius 2 is 1.43 bits per heavy atom. The summed E-state index contributed by atoms with van der Waals surface area (Å²) in [7, 11) is 0. The van der Waals surface area contributed by atoms with Crippen LogP contribution in [0, 0.1) is 17.3 Å². The van der Waals surface area contributed by atoms with Crippen LogP contribution in [0.2, 0.25) is 0 Å². The smallest absolute Gasteiger partial charge is 0.303 e. The summed E-state index contributed by atoms with van der Waals surface area (Å²) in [6, 6.07) is 18.5. The van der Waals surface area contributed by atoms with Gasteiger partial charge in [0, 0.05) is 66.7 Å². The SMILES string of the molecule is CC12CCCC(C(=O)NC(=O)C3(C)CCCC4c5cc(N)ccc5CCC43N)C1CCc1ccc(NC(=O)CNC(=O)C(CCC(=O)O)NC(=O)CCOCCOCCOCCOCCNC(=O)CCC(=O)N3CC4=C(CCC=C4)CCc4ccccc43)cc12. The Hall–Kier alpha value is -7.30. The van der Waals surface area contributed by atoms with Gasteiger partial charge in [-0.05, 0) is 165 Å². The van der Waals surface area contributed by atoms with Crippen LogP contribution in [0.3, 0.4) is 0 Å². The van der Waals surface area contributed by atoms with Crippen molar-refractivity contribution < 1.29 is 62.4 Å². The fourth-order valence-electron chi connectivity index (χ4n) is 14.9. The number of nitrogen functional groups attached to an aromatic ring is 1. The summed E-state index contributed by atoms with van der Waals surface area (Å²) >= 11 is 0. The van der Waals surface area contributed by atoms with E-state index in [4.69, 9.17) is 30.4 Å².